The first-order chi connectivity index (χ1) is 9.95. The Morgan fingerprint density at radius 3 is 2.24 bits per heavy atom. The van der Waals surface area contributed by atoms with Crippen molar-refractivity contribution in [2.24, 2.45) is 0 Å². The molecule has 5 atom stereocenters. The quantitative estimate of drug-likeness (QED) is 0.510. The molecule has 0 amide bonds. The van der Waals surface area contributed by atoms with Gasteiger partial charge in [-0.05, 0) is 12.8 Å². The largest absolute Gasteiger partial charge is 0.390 e. The Bertz CT molecular complexity index is 337. The smallest absolute Gasteiger partial charge is 0.200 e. The Balaban J connectivity index is 1.74. The standard InChI is InChI=1S/C16H30O5/c1-2-3-4-5-6-7-8-9-12-14(18)16(20)13(17)10-11-15(16,19)21-12/h12-14,17-20H,2-11H2,1H3/t12-,13-,14-,15+,16-/m1/s1. The number of aliphatic hydroxyl groups excluding tert-OH is 2. The monoisotopic (exact) mass is 302 g/mol. The van der Waals surface area contributed by atoms with Crippen LogP contribution in [0.1, 0.15) is 71.1 Å². The lowest BCUT2D eigenvalue weighted by Crippen LogP contribution is -2.58. The molecule has 0 aromatic carbocycles. The zero-order chi connectivity index (χ0) is 15.5. The van der Waals surface area contributed by atoms with Gasteiger partial charge in [0.25, 0.3) is 0 Å². The van der Waals surface area contributed by atoms with E-state index in [1.54, 1.807) is 0 Å². The van der Waals surface area contributed by atoms with E-state index in [1.807, 2.05) is 0 Å². The number of aliphatic hydroxyl groups is 4. The second kappa shape index (κ2) is 6.92. The molecule has 0 aromatic rings. The molecule has 2 aliphatic rings. The Hall–Kier alpha value is -0.200. The number of hydrogen-bond donors (Lipinski definition) is 4. The lowest BCUT2D eigenvalue weighted by molar-refractivity contribution is -0.265. The third-order valence-corrected chi connectivity index (χ3v) is 5.13. The van der Waals surface area contributed by atoms with E-state index in [9.17, 15) is 20.4 Å². The predicted molar refractivity (Wildman–Crippen MR) is 78.6 cm³/mol. The SMILES string of the molecule is CCCCCCCCC[C@H]1O[C@@]2(O)CC[C@@H](O)[C@@]2(O)[C@@H]1O. The van der Waals surface area contributed by atoms with Crippen LogP contribution in [0.2, 0.25) is 0 Å². The molecule has 1 heterocycles. The van der Waals surface area contributed by atoms with Gasteiger partial charge >= 0.3 is 0 Å². The number of fused-ring (bicyclic) bond motifs is 1. The Morgan fingerprint density at radius 1 is 1.00 bits per heavy atom. The van der Waals surface area contributed by atoms with Crippen molar-refractivity contribution in [3.63, 3.8) is 0 Å². The molecule has 1 saturated heterocycles. The summed E-state index contributed by atoms with van der Waals surface area (Å²) in [4.78, 5) is 0. The van der Waals surface area contributed by atoms with E-state index in [0.717, 1.165) is 12.8 Å². The molecule has 1 saturated carbocycles. The second-order valence-electron chi connectivity index (χ2n) is 6.68. The summed E-state index contributed by atoms with van der Waals surface area (Å²) in [5.41, 5.74) is -1.93. The van der Waals surface area contributed by atoms with Gasteiger partial charge in [-0.2, -0.15) is 0 Å². The van der Waals surface area contributed by atoms with Gasteiger partial charge in [0.1, 0.15) is 6.10 Å². The summed E-state index contributed by atoms with van der Waals surface area (Å²) >= 11 is 0. The molecule has 5 heteroatoms. The number of unbranched alkanes of at least 4 members (excludes halogenated alkanes) is 6. The van der Waals surface area contributed by atoms with E-state index in [0.29, 0.717) is 6.42 Å². The summed E-state index contributed by atoms with van der Waals surface area (Å²) in [6, 6.07) is 0. The molecule has 21 heavy (non-hydrogen) atoms. The summed E-state index contributed by atoms with van der Waals surface area (Å²) in [7, 11) is 0. The molecule has 2 fully saturated rings. The molecule has 4 N–H and O–H groups in total. The van der Waals surface area contributed by atoms with Gasteiger partial charge in [-0.25, -0.2) is 0 Å². The molecule has 0 spiro atoms. The van der Waals surface area contributed by atoms with E-state index in [2.05, 4.69) is 6.92 Å². The van der Waals surface area contributed by atoms with Crippen molar-refractivity contribution in [2.75, 3.05) is 0 Å². The van der Waals surface area contributed by atoms with Crippen LogP contribution < -0.4 is 0 Å². The van der Waals surface area contributed by atoms with Crippen molar-refractivity contribution in [1.82, 2.24) is 0 Å². The third-order valence-electron chi connectivity index (χ3n) is 5.13. The van der Waals surface area contributed by atoms with Crippen LogP contribution in [0.4, 0.5) is 0 Å². The van der Waals surface area contributed by atoms with Crippen molar-refractivity contribution in [3.05, 3.63) is 0 Å². The highest BCUT2D eigenvalue weighted by Crippen LogP contribution is 2.50. The first-order valence-corrected chi connectivity index (χ1v) is 8.44. The van der Waals surface area contributed by atoms with Crippen molar-refractivity contribution >= 4 is 0 Å². The fraction of sp³-hybridized carbons (Fsp3) is 1.00. The van der Waals surface area contributed by atoms with Crippen LogP contribution in [0.3, 0.4) is 0 Å². The van der Waals surface area contributed by atoms with E-state index in [-0.39, 0.29) is 12.8 Å². The molecule has 1 aliphatic heterocycles. The van der Waals surface area contributed by atoms with Gasteiger partial charge in [-0.3, -0.25) is 0 Å². The highest BCUT2D eigenvalue weighted by Gasteiger charge is 2.70. The third kappa shape index (κ3) is 3.13. The minimum Gasteiger partial charge on any atom is -0.390 e. The molecular weight excluding hydrogens is 272 g/mol. The molecule has 2 rings (SSSR count). The summed E-state index contributed by atoms with van der Waals surface area (Å²) in [5, 5.41) is 40.8. The van der Waals surface area contributed by atoms with E-state index >= 15 is 0 Å². The number of rotatable bonds is 8. The lowest BCUT2D eigenvalue weighted by Gasteiger charge is -2.33. The van der Waals surface area contributed by atoms with Gasteiger partial charge in [0.05, 0.1) is 12.2 Å². The molecule has 0 aromatic heterocycles. The maximum absolute atomic E-state index is 10.4. The van der Waals surface area contributed by atoms with Crippen molar-refractivity contribution in [2.45, 2.75) is 101 Å². The minimum absolute atomic E-state index is 0.162. The summed E-state index contributed by atoms with van der Waals surface area (Å²) in [5.74, 6) is -1.79. The molecule has 124 valence electrons. The van der Waals surface area contributed by atoms with Crippen LogP contribution in [0.15, 0.2) is 0 Å². The maximum Gasteiger partial charge on any atom is 0.200 e. The van der Waals surface area contributed by atoms with Crippen LogP contribution >= 0.6 is 0 Å². The van der Waals surface area contributed by atoms with E-state index in [4.69, 9.17) is 4.74 Å². The average Bonchev–Trinajstić information content (AvgIpc) is 2.80. The highest BCUT2D eigenvalue weighted by atomic mass is 16.7. The van der Waals surface area contributed by atoms with Gasteiger partial charge in [0.2, 0.25) is 5.79 Å². The Morgan fingerprint density at radius 2 is 1.62 bits per heavy atom. The summed E-state index contributed by atoms with van der Waals surface area (Å²) in [6.07, 6.45) is 6.22. The zero-order valence-corrected chi connectivity index (χ0v) is 13.0. The number of ether oxygens (including phenoxy) is 1. The first-order valence-electron chi connectivity index (χ1n) is 8.44. The topological polar surface area (TPSA) is 90.2 Å². The number of hydrogen-bond acceptors (Lipinski definition) is 5. The van der Waals surface area contributed by atoms with Crippen LogP contribution in [-0.4, -0.2) is 50.1 Å². The zero-order valence-electron chi connectivity index (χ0n) is 13.0. The second-order valence-corrected chi connectivity index (χ2v) is 6.68. The van der Waals surface area contributed by atoms with Gasteiger partial charge < -0.3 is 25.2 Å². The predicted octanol–water partition coefficient (Wildman–Crippen LogP) is 1.46. The average molecular weight is 302 g/mol. The molecule has 5 nitrogen and oxygen atoms in total. The van der Waals surface area contributed by atoms with Gasteiger partial charge in [-0.1, -0.05) is 51.9 Å². The Kier molecular flexibility index (Phi) is 5.65. The normalized spacial score (nSPS) is 42.4. The first kappa shape index (κ1) is 17.2. The van der Waals surface area contributed by atoms with E-state index < -0.39 is 29.7 Å². The highest BCUT2D eigenvalue weighted by molar-refractivity contribution is 5.15. The fourth-order valence-electron chi connectivity index (χ4n) is 3.71. The molecule has 0 unspecified atom stereocenters. The fourth-order valence-corrected chi connectivity index (χ4v) is 3.71. The van der Waals surface area contributed by atoms with Crippen molar-refractivity contribution in [1.29, 1.82) is 0 Å². The van der Waals surface area contributed by atoms with Crippen LogP contribution in [0.25, 0.3) is 0 Å². The lowest BCUT2D eigenvalue weighted by atomic mass is 9.87. The minimum atomic E-state index is -1.93. The summed E-state index contributed by atoms with van der Waals surface area (Å²) in [6.45, 7) is 2.19. The van der Waals surface area contributed by atoms with Crippen molar-refractivity contribution in [3.8, 4) is 0 Å². The van der Waals surface area contributed by atoms with Gasteiger partial charge in [0, 0.05) is 6.42 Å². The van der Waals surface area contributed by atoms with Crippen LogP contribution in [0, 0.1) is 0 Å². The van der Waals surface area contributed by atoms with E-state index in [1.165, 1.54) is 32.1 Å². The van der Waals surface area contributed by atoms with Crippen LogP contribution in [0.5, 0.6) is 0 Å². The molecule has 1 aliphatic carbocycles. The Labute approximate surface area is 126 Å². The van der Waals surface area contributed by atoms with Gasteiger partial charge in [0.15, 0.2) is 5.60 Å². The van der Waals surface area contributed by atoms with Gasteiger partial charge in [-0.15, -0.1) is 0 Å². The molecular formula is C16H30O5. The van der Waals surface area contributed by atoms with Crippen LogP contribution in [-0.2, 0) is 4.74 Å². The maximum atomic E-state index is 10.4. The summed E-state index contributed by atoms with van der Waals surface area (Å²) < 4.78 is 5.50. The van der Waals surface area contributed by atoms with Crippen molar-refractivity contribution < 1.29 is 25.2 Å². The molecule has 0 radical (unpaired) electrons. The molecule has 0 bridgehead atoms.